The zero-order valence-corrected chi connectivity index (χ0v) is 12.0. The molecule has 0 saturated heterocycles. The summed E-state index contributed by atoms with van der Waals surface area (Å²) in [4.78, 5) is 24.9. The number of nitrogens with one attached hydrogen (secondary N) is 1. The molecule has 1 aliphatic heterocycles. The largest absolute Gasteiger partial charge is 0.369 e. The lowest BCUT2D eigenvalue weighted by atomic mass is 10.1. The molecule has 1 aliphatic rings. The molecule has 0 bridgehead atoms. The molecular weight excluding hydrogens is 278 g/mol. The maximum Gasteiger partial charge on any atom is 0.296 e. The van der Waals surface area contributed by atoms with Crippen molar-refractivity contribution in [3.8, 4) is 6.07 Å². The predicted molar refractivity (Wildman–Crippen MR) is 77.1 cm³/mol. The van der Waals surface area contributed by atoms with Gasteiger partial charge in [-0.2, -0.15) is 5.26 Å². The van der Waals surface area contributed by atoms with E-state index in [-0.39, 0.29) is 5.92 Å². The number of amides is 1. The SMILES string of the molecule is CCN(CC(C)C#N)c1cc2c(cc1Cl)C(=O)C(=O)N2. The molecule has 104 valence electrons. The number of hydrogen-bond acceptors (Lipinski definition) is 4. The molecule has 0 aliphatic carbocycles. The molecule has 1 heterocycles. The maximum atomic E-state index is 11.6. The molecule has 0 aromatic heterocycles. The van der Waals surface area contributed by atoms with Gasteiger partial charge < -0.3 is 10.2 Å². The van der Waals surface area contributed by atoms with Crippen LogP contribution in [-0.4, -0.2) is 24.8 Å². The first-order chi connectivity index (χ1) is 9.47. The number of nitriles is 1. The number of nitrogens with zero attached hydrogens (tertiary/aromatic N) is 2. The van der Waals surface area contributed by atoms with Gasteiger partial charge in [0.25, 0.3) is 11.7 Å². The van der Waals surface area contributed by atoms with Crippen molar-refractivity contribution in [2.24, 2.45) is 5.92 Å². The fourth-order valence-corrected chi connectivity index (χ4v) is 2.45. The smallest absolute Gasteiger partial charge is 0.296 e. The van der Waals surface area contributed by atoms with Crippen molar-refractivity contribution in [3.63, 3.8) is 0 Å². The number of fused-ring (bicyclic) bond motifs is 1. The minimum absolute atomic E-state index is 0.143. The van der Waals surface area contributed by atoms with Gasteiger partial charge in [0, 0.05) is 13.1 Å². The maximum absolute atomic E-state index is 11.6. The van der Waals surface area contributed by atoms with Gasteiger partial charge in [0.05, 0.1) is 33.9 Å². The molecule has 0 spiro atoms. The van der Waals surface area contributed by atoms with Gasteiger partial charge >= 0.3 is 0 Å². The van der Waals surface area contributed by atoms with Crippen molar-refractivity contribution >= 4 is 34.7 Å². The molecule has 1 atom stereocenters. The lowest BCUT2D eigenvalue weighted by molar-refractivity contribution is -0.112. The number of rotatable bonds is 4. The highest BCUT2D eigenvalue weighted by atomic mass is 35.5. The summed E-state index contributed by atoms with van der Waals surface area (Å²) < 4.78 is 0. The third-order valence-corrected chi connectivity index (χ3v) is 3.53. The van der Waals surface area contributed by atoms with E-state index in [2.05, 4.69) is 11.4 Å². The highest BCUT2D eigenvalue weighted by Gasteiger charge is 2.29. The Morgan fingerprint density at radius 1 is 1.45 bits per heavy atom. The van der Waals surface area contributed by atoms with Gasteiger partial charge in [0.1, 0.15) is 0 Å². The van der Waals surface area contributed by atoms with E-state index in [4.69, 9.17) is 16.9 Å². The summed E-state index contributed by atoms with van der Waals surface area (Å²) in [5.74, 6) is -1.35. The van der Waals surface area contributed by atoms with Crippen LogP contribution in [0, 0.1) is 17.2 Å². The average Bonchev–Trinajstić information content (AvgIpc) is 2.70. The molecule has 1 unspecified atom stereocenters. The summed E-state index contributed by atoms with van der Waals surface area (Å²) in [7, 11) is 0. The number of carbonyl (C=O) groups is 2. The number of ketones is 1. The summed E-state index contributed by atoms with van der Waals surface area (Å²) in [6.45, 7) is 4.99. The molecule has 1 amide bonds. The van der Waals surface area contributed by atoms with Gasteiger partial charge in [-0.3, -0.25) is 9.59 Å². The van der Waals surface area contributed by atoms with E-state index in [1.807, 2.05) is 18.7 Å². The molecule has 5 nitrogen and oxygen atoms in total. The Kier molecular flexibility index (Phi) is 3.96. The Morgan fingerprint density at radius 2 is 2.15 bits per heavy atom. The fourth-order valence-electron chi connectivity index (χ4n) is 2.17. The second kappa shape index (κ2) is 5.51. The van der Waals surface area contributed by atoms with Gasteiger partial charge in [-0.25, -0.2) is 0 Å². The molecule has 1 aromatic rings. The fraction of sp³-hybridized carbons (Fsp3) is 0.357. The van der Waals surface area contributed by atoms with Crippen LogP contribution in [-0.2, 0) is 4.79 Å². The van der Waals surface area contributed by atoms with Crippen molar-refractivity contribution in [3.05, 3.63) is 22.7 Å². The van der Waals surface area contributed by atoms with Gasteiger partial charge in [-0.1, -0.05) is 11.6 Å². The summed E-state index contributed by atoms with van der Waals surface area (Å²) in [6, 6.07) is 5.37. The van der Waals surface area contributed by atoms with E-state index in [9.17, 15) is 9.59 Å². The third-order valence-electron chi connectivity index (χ3n) is 3.22. The molecule has 0 fully saturated rings. The Labute approximate surface area is 122 Å². The molecule has 6 heteroatoms. The first-order valence-electron chi connectivity index (χ1n) is 6.31. The summed E-state index contributed by atoms with van der Waals surface area (Å²) in [6.07, 6.45) is 0. The standard InChI is InChI=1S/C14H14ClN3O2/c1-3-18(7-8(2)6-16)12-5-11-9(4-10(12)15)13(19)14(20)17-11/h4-5,8H,3,7H2,1-2H3,(H,17,19,20). The quantitative estimate of drug-likeness (QED) is 0.865. The van der Waals surface area contributed by atoms with Crippen molar-refractivity contribution in [1.29, 1.82) is 5.26 Å². The summed E-state index contributed by atoms with van der Waals surface area (Å²) in [5, 5.41) is 11.8. The van der Waals surface area contributed by atoms with E-state index >= 15 is 0 Å². The number of hydrogen-bond donors (Lipinski definition) is 1. The van der Waals surface area contributed by atoms with E-state index in [0.29, 0.717) is 35.1 Å². The number of carbonyl (C=O) groups excluding carboxylic acids is 2. The van der Waals surface area contributed by atoms with E-state index in [1.54, 1.807) is 6.07 Å². The zero-order valence-electron chi connectivity index (χ0n) is 11.2. The predicted octanol–water partition coefficient (Wildman–Crippen LogP) is 2.46. The molecular formula is C14H14ClN3O2. The van der Waals surface area contributed by atoms with Crippen LogP contribution in [0.1, 0.15) is 24.2 Å². The second-order valence-electron chi connectivity index (χ2n) is 4.70. The summed E-state index contributed by atoms with van der Waals surface area (Å²) >= 11 is 6.21. The number of halogens is 1. The highest BCUT2D eigenvalue weighted by molar-refractivity contribution is 6.52. The Bertz CT molecular complexity index is 622. The van der Waals surface area contributed by atoms with E-state index < -0.39 is 11.7 Å². The molecule has 1 aromatic carbocycles. The van der Waals surface area contributed by atoms with Crippen LogP contribution < -0.4 is 10.2 Å². The molecule has 20 heavy (non-hydrogen) atoms. The Balaban J connectivity index is 2.39. The number of benzene rings is 1. The van der Waals surface area contributed by atoms with Crippen molar-refractivity contribution in [2.45, 2.75) is 13.8 Å². The van der Waals surface area contributed by atoms with Crippen molar-refractivity contribution in [2.75, 3.05) is 23.3 Å². The first-order valence-corrected chi connectivity index (χ1v) is 6.69. The van der Waals surface area contributed by atoms with Crippen LogP contribution in [0.15, 0.2) is 12.1 Å². The lowest BCUT2D eigenvalue weighted by Crippen LogP contribution is -2.28. The summed E-state index contributed by atoms with van der Waals surface area (Å²) in [5.41, 5.74) is 1.49. The van der Waals surface area contributed by atoms with Crippen LogP contribution in [0.3, 0.4) is 0 Å². The van der Waals surface area contributed by atoms with Gasteiger partial charge in [-0.05, 0) is 26.0 Å². The number of Topliss-reactive ketones (excluding diaryl/α,β-unsaturated/α-hetero) is 1. The van der Waals surface area contributed by atoms with Gasteiger partial charge in [0.15, 0.2) is 0 Å². The lowest BCUT2D eigenvalue weighted by Gasteiger charge is -2.25. The first kappa shape index (κ1) is 14.4. The topological polar surface area (TPSA) is 73.2 Å². The van der Waals surface area contributed by atoms with Crippen LogP contribution >= 0.6 is 11.6 Å². The monoisotopic (exact) mass is 291 g/mol. The van der Waals surface area contributed by atoms with Crippen molar-refractivity contribution < 1.29 is 9.59 Å². The Morgan fingerprint density at radius 3 is 2.75 bits per heavy atom. The van der Waals surface area contributed by atoms with Crippen LogP contribution in [0.4, 0.5) is 11.4 Å². The molecule has 0 radical (unpaired) electrons. The second-order valence-corrected chi connectivity index (χ2v) is 5.11. The number of anilines is 2. The van der Waals surface area contributed by atoms with Crippen molar-refractivity contribution in [1.82, 2.24) is 0 Å². The zero-order chi connectivity index (χ0) is 14.9. The molecule has 2 rings (SSSR count). The van der Waals surface area contributed by atoms with Crippen LogP contribution in [0.2, 0.25) is 5.02 Å². The van der Waals surface area contributed by atoms with Gasteiger partial charge in [-0.15, -0.1) is 0 Å². The van der Waals surface area contributed by atoms with Crippen LogP contribution in [0.25, 0.3) is 0 Å². The van der Waals surface area contributed by atoms with E-state index in [1.165, 1.54) is 6.07 Å². The minimum Gasteiger partial charge on any atom is -0.369 e. The normalized spacial score (nSPS) is 14.5. The van der Waals surface area contributed by atoms with E-state index in [0.717, 1.165) is 0 Å². The third kappa shape index (κ3) is 2.47. The molecule has 1 N–H and O–H groups in total. The molecule has 0 saturated carbocycles. The highest BCUT2D eigenvalue weighted by Crippen LogP contribution is 2.35. The minimum atomic E-state index is -0.637. The average molecular weight is 292 g/mol. The van der Waals surface area contributed by atoms with Crippen LogP contribution in [0.5, 0.6) is 0 Å². The Hall–Kier alpha value is -2.06. The van der Waals surface area contributed by atoms with Gasteiger partial charge in [0.2, 0.25) is 0 Å².